The number of rotatable bonds is 5. The van der Waals surface area contributed by atoms with Gasteiger partial charge in [-0.3, -0.25) is 4.72 Å². The van der Waals surface area contributed by atoms with Crippen LogP contribution in [0.4, 0.5) is 18.9 Å². The lowest BCUT2D eigenvalue weighted by Gasteiger charge is -2.12. The summed E-state index contributed by atoms with van der Waals surface area (Å²) in [7, 11) is -4.24. The Balaban J connectivity index is 2.01. The van der Waals surface area contributed by atoms with Crippen LogP contribution in [0.15, 0.2) is 41.4 Å². The number of aromatic nitrogens is 1. The molecule has 3 aromatic rings. The number of alkyl halides is 2. The van der Waals surface area contributed by atoms with Crippen LogP contribution in [0.3, 0.4) is 0 Å². The van der Waals surface area contributed by atoms with Crippen molar-refractivity contribution in [2.45, 2.75) is 11.5 Å². The number of hydrogen-bond acceptors (Lipinski definition) is 3. The summed E-state index contributed by atoms with van der Waals surface area (Å²) in [6.45, 7) is -3.21. The van der Waals surface area contributed by atoms with E-state index < -0.39 is 38.9 Å². The van der Waals surface area contributed by atoms with Gasteiger partial charge in [-0.15, -0.1) is 0 Å². The molecular formula is C15H9Cl2F3N2O3S. The highest BCUT2D eigenvalue weighted by Crippen LogP contribution is 2.33. The largest absolute Gasteiger partial charge is 0.433 e. The fraction of sp³-hybridized carbons (Fsp3) is 0.0667. The van der Waals surface area contributed by atoms with Gasteiger partial charge in [0, 0.05) is 28.2 Å². The van der Waals surface area contributed by atoms with Crippen LogP contribution in [0, 0.1) is 5.82 Å². The van der Waals surface area contributed by atoms with Gasteiger partial charge in [-0.2, -0.15) is 8.78 Å². The molecular weight excluding hydrogens is 416 g/mol. The van der Waals surface area contributed by atoms with Gasteiger partial charge in [0.05, 0.1) is 10.7 Å². The number of halogens is 5. The Labute approximate surface area is 155 Å². The molecule has 0 saturated carbocycles. The number of anilines is 1. The van der Waals surface area contributed by atoms with E-state index in [4.69, 9.17) is 23.2 Å². The van der Waals surface area contributed by atoms with Gasteiger partial charge in [0.25, 0.3) is 10.0 Å². The van der Waals surface area contributed by atoms with Gasteiger partial charge in [0.2, 0.25) is 0 Å². The molecule has 0 unspecified atom stereocenters. The quantitative estimate of drug-likeness (QED) is 0.604. The Morgan fingerprint density at radius 2 is 1.88 bits per heavy atom. The third-order valence-electron chi connectivity index (χ3n) is 3.38. The summed E-state index contributed by atoms with van der Waals surface area (Å²) in [5, 5.41) is 0.293. The molecule has 0 aliphatic heterocycles. The van der Waals surface area contributed by atoms with Crippen LogP contribution in [-0.2, 0) is 10.0 Å². The van der Waals surface area contributed by atoms with Crippen molar-refractivity contribution in [2.75, 3.05) is 4.72 Å². The Hall–Kier alpha value is -2.10. The smallest absolute Gasteiger partial charge is 0.387 e. The molecule has 5 nitrogen and oxygen atoms in total. The van der Waals surface area contributed by atoms with Gasteiger partial charge in [0.15, 0.2) is 0 Å². The number of sulfonamides is 1. The maximum absolute atomic E-state index is 14.0. The fourth-order valence-corrected chi connectivity index (χ4v) is 3.89. The van der Waals surface area contributed by atoms with Crippen molar-refractivity contribution >= 4 is 49.8 Å². The van der Waals surface area contributed by atoms with Crippen LogP contribution in [0.2, 0.25) is 10.0 Å². The average molecular weight is 425 g/mol. The molecule has 26 heavy (non-hydrogen) atoms. The third-order valence-corrected chi connectivity index (χ3v) is 5.31. The zero-order valence-corrected chi connectivity index (χ0v) is 14.9. The zero-order valence-electron chi connectivity index (χ0n) is 12.6. The van der Waals surface area contributed by atoms with Gasteiger partial charge < -0.3 is 9.72 Å². The van der Waals surface area contributed by atoms with E-state index in [-0.39, 0.29) is 4.90 Å². The van der Waals surface area contributed by atoms with E-state index in [1.165, 1.54) is 24.4 Å². The fourth-order valence-electron chi connectivity index (χ4n) is 2.29. The van der Waals surface area contributed by atoms with Crippen molar-refractivity contribution in [1.82, 2.24) is 4.98 Å². The number of benzene rings is 2. The van der Waals surface area contributed by atoms with E-state index in [0.717, 1.165) is 6.07 Å². The van der Waals surface area contributed by atoms with Crippen LogP contribution >= 0.6 is 23.2 Å². The number of ether oxygens (including phenoxy) is 1. The monoisotopic (exact) mass is 424 g/mol. The van der Waals surface area contributed by atoms with Crippen LogP contribution in [0.1, 0.15) is 0 Å². The molecule has 138 valence electrons. The molecule has 2 aromatic carbocycles. The molecule has 0 radical (unpaired) electrons. The minimum absolute atomic E-state index is 0.171. The summed E-state index contributed by atoms with van der Waals surface area (Å²) in [6, 6.07) is 5.91. The molecule has 11 heteroatoms. The Bertz CT molecular complexity index is 1090. The van der Waals surface area contributed by atoms with Crippen LogP contribution in [0.5, 0.6) is 5.75 Å². The first kappa shape index (κ1) is 18.7. The molecule has 3 rings (SSSR count). The second-order valence-electron chi connectivity index (χ2n) is 5.09. The minimum atomic E-state index is -4.24. The zero-order chi connectivity index (χ0) is 19.1. The number of hydrogen-bond donors (Lipinski definition) is 2. The summed E-state index contributed by atoms with van der Waals surface area (Å²) in [4.78, 5) is 2.57. The summed E-state index contributed by atoms with van der Waals surface area (Å²) >= 11 is 11.5. The molecule has 0 fully saturated rings. The van der Waals surface area contributed by atoms with E-state index in [9.17, 15) is 21.6 Å². The number of aromatic amines is 1. The summed E-state index contributed by atoms with van der Waals surface area (Å²) in [6.07, 6.45) is 1.20. The lowest BCUT2D eigenvalue weighted by Crippen LogP contribution is -2.14. The van der Waals surface area contributed by atoms with E-state index >= 15 is 0 Å². The van der Waals surface area contributed by atoms with Gasteiger partial charge in [-0.25, -0.2) is 12.8 Å². The first-order valence-electron chi connectivity index (χ1n) is 6.90. The summed E-state index contributed by atoms with van der Waals surface area (Å²) in [5.41, 5.74) is -0.135. The van der Waals surface area contributed by atoms with Crippen molar-refractivity contribution in [1.29, 1.82) is 0 Å². The molecule has 0 bridgehead atoms. The maximum Gasteiger partial charge on any atom is 0.387 e. The van der Waals surface area contributed by atoms with Crippen LogP contribution < -0.4 is 9.46 Å². The molecule has 0 spiro atoms. The van der Waals surface area contributed by atoms with Crippen molar-refractivity contribution in [3.63, 3.8) is 0 Å². The van der Waals surface area contributed by atoms with Crippen molar-refractivity contribution in [3.05, 3.63) is 52.4 Å². The van der Waals surface area contributed by atoms with E-state index in [2.05, 4.69) is 9.72 Å². The highest BCUT2D eigenvalue weighted by molar-refractivity contribution is 7.93. The predicted molar refractivity (Wildman–Crippen MR) is 92.2 cm³/mol. The Kier molecular flexibility index (Phi) is 4.96. The normalized spacial score (nSPS) is 11.9. The van der Waals surface area contributed by atoms with E-state index in [1.54, 1.807) is 0 Å². The average Bonchev–Trinajstić information content (AvgIpc) is 2.95. The molecule has 1 heterocycles. The summed E-state index contributed by atoms with van der Waals surface area (Å²) in [5.74, 6) is -1.62. The number of H-pyrrole nitrogens is 1. The van der Waals surface area contributed by atoms with Gasteiger partial charge in [-0.1, -0.05) is 23.2 Å². The maximum atomic E-state index is 14.0. The standard InChI is InChI=1S/C15H9Cl2F3N2O3S/c16-7-1-2-8-11(3-7)21-6-14(8)26(23,24)22-12-5-13(25-15(19)20)9(17)4-10(12)18/h1-6,15,21-22H. The molecule has 0 aliphatic carbocycles. The minimum Gasteiger partial charge on any atom is -0.433 e. The van der Waals surface area contributed by atoms with Crippen LogP contribution in [-0.4, -0.2) is 20.0 Å². The van der Waals surface area contributed by atoms with Gasteiger partial charge >= 0.3 is 6.61 Å². The third kappa shape index (κ3) is 3.69. The second-order valence-corrected chi connectivity index (χ2v) is 7.58. The number of nitrogens with one attached hydrogen (secondary N) is 2. The highest BCUT2D eigenvalue weighted by Gasteiger charge is 2.22. The lowest BCUT2D eigenvalue weighted by atomic mass is 10.2. The molecule has 0 amide bonds. The van der Waals surface area contributed by atoms with E-state index in [1.807, 2.05) is 4.72 Å². The number of fused-ring (bicyclic) bond motifs is 1. The molecule has 0 saturated heterocycles. The van der Waals surface area contributed by atoms with Gasteiger partial charge in [-0.05, 0) is 24.3 Å². The SMILES string of the molecule is O=S(=O)(Nc1cc(OC(F)F)c(Cl)cc1F)c1c[nH]c2cc(Cl)ccc12. The van der Waals surface area contributed by atoms with Crippen molar-refractivity contribution in [2.24, 2.45) is 0 Å². The molecule has 1 aromatic heterocycles. The molecule has 2 N–H and O–H groups in total. The second kappa shape index (κ2) is 6.90. The molecule has 0 atom stereocenters. The van der Waals surface area contributed by atoms with E-state index in [0.29, 0.717) is 22.0 Å². The topological polar surface area (TPSA) is 71.2 Å². The van der Waals surface area contributed by atoms with Crippen molar-refractivity contribution < 1.29 is 26.3 Å². The lowest BCUT2D eigenvalue weighted by molar-refractivity contribution is -0.0497. The summed E-state index contributed by atoms with van der Waals surface area (Å²) < 4.78 is 70.1. The van der Waals surface area contributed by atoms with Crippen molar-refractivity contribution in [3.8, 4) is 5.75 Å². The Morgan fingerprint density at radius 3 is 2.58 bits per heavy atom. The van der Waals surface area contributed by atoms with Gasteiger partial charge in [0.1, 0.15) is 16.5 Å². The first-order chi connectivity index (χ1) is 12.2. The predicted octanol–water partition coefficient (Wildman–Crippen LogP) is 5.02. The van der Waals surface area contributed by atoms with Crippen LogP contribution in [0.25, 0.3) is 10.9 Å². The highest BCUT2D eigenvalue weighted by atomic mass is 35.5. The molecule has 0 aliphatic rings. The Morgan fingerprint density at radius 1 is 1.15 bits per heavy atom. The first-order valence-corrected chi connectivity index (χ1v) is 9.14.